The maximum Gasteiger partial charge on any atom is 0.309 e. The Morgan fingerprint density at radius 3 is 2.55 bits per heavy atom. The summed E-state index contributed by atoms with van der Waals surface area (Å²) < 4.78 is 17.7. The van der Waals surface area contributed by atoms with Gasteiger partial charge >= 0.3 is 5.97 Å². The quantitative estimate of drug-likeness (QED) is 0.496. The van der Waals surface area contributed by atoms with Gasteiger partial charge in [0.05, 0.1) is 37.7 Å². The Hall–Kier alpha value is -2.85. The van der Waals surface area contributed by atoms with E-state index in [1.165, 1.54) is 15.9 Å². The van der Waals surface area contributed by atoms with Gasteiger partial charge in [-0.05, 0) is 50.6 Å². The monoisotopic (exact) mass is 474 g/mol. The molecule has 1 aliphatic heterocycles. The number of fused-ring (bicyclic) bond motifs is 1. The number of carbonyl (C=O) groups excluding carboxylic acids is 1. The number of nitrogens with zero attached hydrogens (tertiary/aromatic N) is 4. The normalized spacial score (nSPS) is 16.1. The molecule has 4 rings (SSSR count). The van der Waals surface area contributed by atoms with Crippen molar-refractivity contribution in [3.63, 3.8) is 0 Å². The number of carbonyl (C=O) groups is 1. The topological polar surface area (TPSA) is 98.4 Å². The number of aryl methyl sites for hydroxylation is 1. The molecular weight excluding hydrogens is 444 g/mol. The molecule has 0 aliphatic carbocycles. The molecule has 0 spiro atoms. The first-order valence-corrected chi connectivity index (χ1v) is 12.0. The molecule has 2 aromatic heterocycles. The highest BCUT2D eigenvalue weighted by Crippen LogP contribution is 2.43. The van der Waals surface area contributed by atoms with Crippen LogP contribution in [0.5, 0.6) is 17.4 Å². The van der Waals surface area contributed by atoms with Crippen molar-refractivity contribution in [1.29, 1.82) is 0 Å². The summed E-state index contributed by atoms with van der Waals surface area (Å²) in [6.07, 6.45) is 2.10. The van der Waals surface area contributed by atoms with Gasteiger partial charge in [0.1, 0.15) is 0 Å². The highest BCUT2D eigenvalue weighted by atomic mass is 32.1. The number of benzene rings is 1. The lowest BCUT2D eigenvalue weighted by Crippen LogP contribution is -2.39. The van der Waals surface area contributed by atoms with Gasteiger partial charge in [0.2, 0.25) is 10.8 Å². The fraction of sp³-hybridized carbons (Fsp3) is 0.522. The summed E-state index contributed by atoms with van der Waals surface area (Å²) in [6.45, 7) is 5.58. The van der Waals surface area contributed by atoms with Crippen LogP contribution in [0.2, 0.25) is 0 Å². The third-order valence-electron chi connectivity index (χ3n) is 6.05. The molecule has 33 heavy (non-hydrogen) atoms. The van der Waals surface area contributed by atoms with Crippen molar-refractivity contribution in [3.8, 4) is 17.4 Å². The molecule has 1 N–H and O–H groups in total. The Labute approximate surface area is 196 Å². The average Bonchev–Trinajstić information content (AvgIpc) is 3.38. The van der Waals surface area contributed by atoms with Crippen LogP contribution in [0, 0.1) is 5.92 Å². The van der Waals surface area contributed by atoms with Crippen LogP contribution in [-0.4, -0.2) is 64.5 Å². The predicted octanol–water partition coefficient (Wildman–Crippen LogP) is 3.44. The van der Waals surface area contributed by atoms with Gasteiger partial charge < -0.3 is 19.3 Å². The third-order valence-corrected chi connectivity index (χ3v) is 7.12. The third kappa shape index (κ3) is 4.49. The van der Waals surface area contributed by atoms with E-state index in [-0.39, 0.29) is 23.8 Å². The molecule has 0 saturated carbocycles. The molecule has 1 atom stereocenters. The molecule has 3 heterocycles. The molecule has 1 saturated heterocycles. The SMILES string of the molecule is CCOC(=O)C1CCN([C@@H](c2ccc(OC)c(OC)c2)c2sc3nc(CC)nn3c2O)CC1. The van der Waals surface area contributed by atoms with Crippen LogP contribution in [0.4, 0.5) is 0 Å². The zero-order chi connectivity index (χ0) is 23.5. The van der Waals surface area contributed by atoms with Gasteiger partial charge in [0.25, 0.3) is 0 Å². The lowest BCUT2D eigenvalue weighted by atomic mass is 9.93. The largest absolute Gasteiger partial charge is 0.493 e. The minimum Gasteiger partial charge on any atom is -0.493 e. The van der Waals surface area contributed by atoms with E-state index in [4.69, 9.17) is 14.2 Å². The van der Waals surface area contributed by atoms with E-state index in [1.54, 1.807) is 14.2 Å². The Morgan fingerprint density at radius 1 is 1.21 bits per heavy atom. The van der Waals surface area contributed by atoms with E-state index in [1.807, 2.05) is 32.0 Å². The molecule has 0 unspecified atom stereocenters. The number of thiazole rings is 1. The molecule has 0 radical (unpaired) electrons. The molecule has 0 amide bonds. The van der Waals surface area contributed by atoms with Gasteiger partial charge in [-0.2, -0.15) is 4.52 Å². The van der Waals surface area contributed by atoms with Crippen LogP contribution >= 0.6 is 11.3 Å². The van der Waals surface area contributed by atoms with Crippen molar-refractivity contribution >= 4 is 22.3 Å². The van der Waals surface area contributed by atoms with Crippen LogP contribution in [0.3, 0.4) is 0 Å². The number of hydrogen-bond donors (Lipinski definition) is 1. The molecule has 10 heteroatoms. The van der Waals surface area contributed by atoms with Crippen molar-refractivity contribution in [3.05, 3.63) is 34.5 Å². The van der Waals surface area contributed by atoms with Crippen LogP contribution in [0.15, 0.2) is 18.2 Å². The summed E-state index contributed by atoms with van der Waals surface area (Å²) in [4.78, 5) is 20.5. The van der Waals surface area contributed by atoms with Crippen LogP contribution in [0.25, 0.3) is 4.96 Å². The summed E-state index contributed by atoms with van der Waals surface area (Å²) in [5, 5.41) is 15.5. The van der Waals surface area contributed by atoms with Crippen molar-refractivity contribution < 1.29 is 24.1 Å². The molecule has 1 aliphatic rings. The maximum atomic E-state index is 12.2. The summed E-state index contributed by atoms with van der Waals surface area (Å²) in [5.41, 5.74) is 0.956. The van der Waals surface area contributed by atoms with Crippen LogP contribution in [-0.2, 0) is 16.0 Å². The summed E-state index contributed by atoms with van der Waals surface area (Å²) in [6, 6.07) is 5.55. The molecule has 9 nitrogen and oxygen atoms in total. The Bertz CT molecular complexity index is 1120. The van der Waals surface area contributed by atoms with Gasteiger partial charge in [-0.15, -0.1) is 5.10 Å². The first-order valence-electron chi connectivity index (χ1n) is 11.2. The van der Waals surface area contributed by atoms with Crippen LogP contribution < -0.4 is 9.47 Å². The second-order valence-corrected chi connectivity index (χ2v) is 8.95. The maximum absolute atomic E-state index is 12.2. The second-order valence-electron chi connectivity index (χ2n) is 7.95. The number of piperidine rings is 1. The number of aromatic hydroxyl groups is 1. The number of esters is 1. The first kappa shape index (κ1) is 23.3. The zero-order valence-corrected chi connectivity index (χ0v) is 20.2. The molecule has 178 valence electrons. The van der Waals surface area contributed by atoms with Crippen LogP contribution in [0.1, 0.15) is 49.0 Å². The van der Waals surface area contributed by atoms with E-state index in [0.717, 1.165) is 10.4 Å². The number of methoxy groups -OCH3 is 2. The zero-order valence-electron chi connectivity index (χ0n) is 19.4. The van der Waals surface area contributed by atoms with Gasteiger partial charge in [0.15, 0.2) is 17.3 Å². The van der Waals surface area contributed by atoms with Crippen molar-refractivity contribution in [2.75, 3.05) is 33.9 Å². The number of hydrogen-bond acceptors (Lipinski definition) is 9. The van der Waals surface area contributed by atoms with E-state index in [2.05, 4.69) is 15.0 Å². The molecular formula is C23H30N4O5S. The summed E-state index contributed by atoms with van der Waals surface area (Å²) in [7, 11) is 3.21. The molecule has 1 fully saturated rings. The molecule has 0 bridgehead atoms. The Morgan fingerprint density at radius 2 is 1.94 bits per heavy atom. The van der Waals surface area contributed by atoms with E-state index >= 15 is 0 Å². The van der Waals surface area contributed by atoms with Crippen molar-refractivity contribution in [2.45, 2.75) is 39.2 Å². The summed E-state index contributed by atoms with van der Waals surface area (Å²) in [5.74, 6) is 1.81. The number of ether oxygens (including phenoxy) is 3. The Kier molecular flexibility index (Phi) is 7.04. The average molecular weight is 475 g/mol. The molecule has 3 aromatic rings. The minimum atomic E-state index is -0.244. The Balaban J connectivity index is 1.72. The fourth-order valence-electron chi connectivity index (χ4n) is 4.32. The van der Waals surface area contributed by atoms with Crippen molar-refractivity contribution in [2.24, 2.45) is 5.92 Å². The van der Waals surface area contributed by atoms with E-state index in [9.17, 15) is 9.90 Å². The fourth-order valence-corrected chi connectivity index (χ4v) is 5.46. The number of likely N-dealkylation sites (tertiary alicyclic amines) is 1. The van der Waals surface area contributed by atoms with Gasteiger partial charge in [-0.3, -0.25) is 9.69 Å². The lowest BCUT2D eigenvalue weighted by molar-refractivity contribution is -0.149. The number of rotatable bonds is 8. The first-order chi connectivity index (χ1) is 16.0. The lowest BCUT2D eigenvalue weighted by Gasteiger charge is -2.36. The standard InChI is InChI=1S/C23H30N4O5S/c1-5-18-24-23-27(25-18)21(28)20(33-23)19(15-7-8-16(30-3)17(13-15)31-4)26-11-9-14(10-12-26)22(29)32-6-2/h7-8,13-14,19,28H,5-6,9-12H2,1-4H3/t19-/m0/s1. The highest BCUT2D eigenvalue weighted by molar-refractivity contribution is 7.17. The second kappa shape index (κ2) is 9.96. The number of aromatic nitrogens is 3. The van der Waals surface area contributed by atoms with Crippen molar-refractivity contribution in [1.82, 2.24) is 19.5 Å². The predicted molar refractivity (Wildman–Crippen MR) is 124 cm³/mol. The van der Waals surface area contributed by atoms with Gasteiger partial charge in [-0.25, -0.2) is 4.98 Å². The van der Waals surface area contributed by atoms with Gasteiger partial charge in [0, 0.05) is 6.42 Å². The summed E-state index contributed by atoms with van der Waals surface area (Å²) >= 11 is 1.43. The van der Waals surface area contributed by atoms with Gasteiger partial charge in [-0.1, -0.05) is 24.3 Å². The smallest absolute Gasteiger partial charge is 0.309 e. The van der Waals surface area contributed by atoms with E-state index in [0.29, 0.717) is 61.2 Å². The minimum absolute atomic E-state index is 0.0921. The van der Waals surface area contributed by atoms with E-state index < -0.39 is 0 Å². The molecule has 1 aromatic carbocycles. The highest BCUT2D eigenvalue weighted by Gasteiger charge is 2.34.